The van der Waals surface area contributed by atoms with Crippen molar-refractivity contribution in [2.45, 2.75) is 44.1 Å². The smallest absolute Gasteiger partial charge is 0.222 e. The van der Waals surface area contributed by atoms with Gasteiger partial charge in [-0.05, 0) is 31.4 Å². The highest BCUT2D eigenvalue weighted by Crippen LogP contribution is 2.32. The molecule has 1 amide bonds. The molecule has 3 rings (SSSR count). The Balaban J connectivity index is 1.40. The summed E-state index contributed by atoms with van der Waals surface area (Å²) in [6, 6.07) is 9.76. The largest absolute Gasteiger partial charge is 0.491 e. The highest BCUT2D eigenvalue weighted by molar-refractivity contribution is 5.84. The first kappa shape index (κ1) is 16.7. The number of aliphatic hydroxyl groups is 1. The Kier molecular flexibility index (Phi) is 5.30. The second kappa shape index (κ2) is 7.62. The second-order valence-electron chi connectivity index (χ2n) is 6.49. The Morgan fingerprint density at radius 1 is 1.25 bits per heavy atom. The molecule has 1 aliphatic carbocycles. The van der Waals surface area contributed by atoms with E-state index in [0.29, 0.717) is 19.6 Å². The lowest BCUT2D eigenvalue weighted by atomic mass is 9.98. The quantitative estimate of drug-likeness (QED) is 0.767. The molecular formula is C19H24N2O3. The van der Waals surface area contributed by atoms with E-state index in [0.717, 1.165) is 42.3 Å². The van der Waals surface area contributed by atoms with Gasteiger partial charge in [-0.15, -0.1) is 0 Å². The molecule has 128 valence electrons. The van der Waals surface area contributed by atoms with Crippen molar-refractivity contribution >= 4 is 16.8 Å². The van der Waals surface area contributed by atoms with Crippen molar-refractivity contribution in [2.75, 3.05) is 13.2 Å². The van der Waals surface area contributed by atoms with Gasteiger partial charge in [0, 0.05) is 18.1 Å². The number of pyridine rings is 1. The second-order valence-corrected chi connectivity index (χ2v) is 6.49. The first-order valence-electron chi connectivity index (χ1n) is 8.62. The molecule has 1 fully saturated rings. The van der Waals surface area contributed by atoms with Crippen molar-refractivity contribution in [2.24, 2.45) is 0 Å². The number of hydrogen-bond acceptors (Lipinski definition) is 4. The van der Waals surface area contributed by atoms with Crippen LogP contribution in [0.5, 0.6) is 5.75 Å². The van der Waals surface area contributed by atoms with Crippen LogP contribution in [0, 0.1) is 0 Å². The van der Waals surface area contributed by atoms with Gasteiger partial charge in [-0.25, -0.2) is 0 Å². The summed E-state index contributed by atoms with van der Waals surface area (Å²) in [6.07, 6.45) is 6.17. The fourth-order valence-electron chi connectivity index (χ4n) is 3.25. The minimum atomic E-state index is -0.783. The van der Waals surface area contributed by atoms with Crippen molar-refractivity contribution in [3.8, 4) is 5.75 Å². The lowest BCUT2D eigenvalue weighted by molar-refractivity contribution is -0.125. The summed E-state index contributed by atoms with van der Waals surface area (Å²) in [6.45, 7) is 1.06. The summed E-state index contributed by atoms with van der Waals surface area (Å²) < 4.78 is 5.79. The molecule has 5 nitrogen and oxygen atoms in total. The number of benzene rings is 1. The number of rotatable bonds is 7. The maximum atomic E-state index is 11.9. The van der Waals surface area contributed by atoms with E-state index in [-0.39, 0.29) is 12.3 Å². The Morgan fingerprint density at radius 3 is 2.88 bits per heavy atom. The van der Waals surface area contributed by atoms with E-state index in [4.69, 9.17) is 4.74 Å². The van der Waals surface area contributed by atoms with Crippen LogP contribution in [0.4, 0.5) is 0 Å². The fourth-order valence-corrected chi connectivity index (χ4v) is 3.25. The lowest BCUT2D eigenvalue weighted by Crippen LogP contribution is -2.35. The van der Waals surface area contributed by atoms with Crippen molar-refractivity contribution in [3.05, 3.63) is 36.5 Å². The molecule has 24 heavy (non-hydrogen) atoms. The van der Waals surface area contributed by atoms with Gasteiger partial charge in [-0.1, -0.05) is 31.0 Å². The van der Waals surface area contributed by atoms with Crippen molar-refractivity contribution in [1.82, 2.24) is 10.3 Å². The molecule has 0 radical (unpaired) electrons. The fraction of sp³-hybridized carbons (Fsp3) is 0.474. The molecule has 1 heterocycles. The van der Waals surface area contributed by atoms with Gasteiger partial charge < -0.3 is 15.2 Å². The standard InChI is InChI=1S/C19H24N2O3/c22-17(14-19(23)9-1-2-10-19)20-12-5-13-24-16-8-3-6-15-7-4-11-21-18(15)16/h3-4,6-8,11,23H,1-2,5,9-10,12-14H2,(H,20,22). The summed E-state index contributed by atoms with van der Waals surface area (Å²) in [5.74, 6) is 0.686. The Bertz CT molecular complexity index is 691. The number of nitrogens with zero attached hydrogens (tertiary/aromatic N) is 1. The summed E-state index contributed by atoms with van der Waals surface area (Å²) in [4.78, 5) is 16.2. The minimum Gasteiger partial charge on any atom is -0.491 e. The molecular weight excluding hydrogens is 304 g/mol. The summed E-state index contributed by atoms with van der Waals surface area (Å²) in [5.41, 5.74) is 0.0716. The van der Waals surface area contributed by atoms with Crippen molar-refractivity contribution in [3.63, 3.8) is 0 Å². The number of fused-ring (bicyclic) bond motifs is 1. The average Bonchev–Trinajstić information content (AvgIpc) is 3.00. The molecule has 1 aliphatic rings. The molecule has 1 aromatic heterocycles. The van der Waals surface area contributed by atoms with E-state index < -0.39 is 5.60 Å². The van der Waals surface area contributed by atoms with Gasteiger partial charge in [-0.3, -0.25) is 9.78 Å². The Morgan fingerprint density at radius 2 is 2.04 bits per heavy atom. The van der Waals surface area contributed by atoms with Crippen LogP contribution >= 0.6 is 0 Å². The number of nitrogens with one attached hydrogen (secondary N) is 1. The van der Waals surface area contributed by atoms with E-state index in [2.05, 4.69) is 10.3 Å². The van der Waals surface area contributed by atoms with Crippen LogP contribution in [0.2, 0.25) is 0 Å². The van der Waals surface area contributed by atoms with Crippen molar-refractivity contribution < 1.29 is 14.6 Å². The van der Waals surface area contributed by atoms with E-state index in [1.54, 1.807) is 6.20 Å². The van der Waals surface area contributed by atoms with E-state index in [1.165, 1.54) is 0 Å². The highest BCUT2D eigenvalue weighted by atomic mass is 16.5. The van der Waals surface area contributed by atoms with E-state index in [9.17, 15) is 9.90 Å². The molecule has 1 saturated carbocycles. The molecule has 0 spiro atoms. The summed E-state index contributed by atoms with van der Waals surface area (Å²) in [7, 11) is 0. The summed E-state index contributed by atoms with van der Waals surface area (Å²) >= 11 is 0. The number of ether oxygens (including phenoxy) is 1. The number of hydrogen-bond donors (Lipinski definition) is 2. The van der Waals surface area contributed by atoms with Gasteiger partial charge in [0.25, 0.3) is 0 Å². The third-order valence-electron chi connectivity index (χ3n) is 4.52. The number of carbonyl (C=O) groups excluding carboxylic acids is 1. The van der Waals surface area contributed by atoms with Gasteiger partial charge in [0.05, 0.1) is 18.6 Å². The molecule has 2 aromatic rings. The van der Waals surface area contributed by atoms with Gasteiger partial charge in [-0.2, -0.15) is 0 Å². The Hall–Kier alpha value is -2.14. The topological polar surface area (TPSA) is 71.5 Å². The first-order chi connectivity index (χ1) is 11.7. The first-order valence-corrected chi connectivity index (χ1v) is 8.62. The minimum absolute atomic E-state index is 0.0776. The van der Waals surface area contributed by atoms with E-state index >= 15 is 0 Å². The number of aromatic nitrogens is 1. The molecule has 0 unspecified atom stereocenters. The van der Waals surface area contributed by atoms with Crippen LogP contribution in [0.1, 0.15) is 38.5 Å². The van der Waals surface area contributed by atoms with Gasteiger partial charge in [0.2, 0.25) is 5.91 Å². The van der Waals surface area contributed by atoms with Gasteiger partial charge in [0.1, 0.15) is 11.3 Å². The van der Waals surface area contributed by atoms with Gasteiger partial charge >= 0.3 is 0 Å². The zero-order chi connectivity index (χ0) is 16.8. The molecule has 1 aromatic carbocycles. The monoisotopic (exact) mass is 328 g/mol. The van der Waals surface area contributed by atoms with Crippen LogP contribution in [-0.4, -0.2) is 34.8 Å². The van der Waals surface area contributed by atoms with Gasteiger partial charge in [0.15, 0.2) is 0 Å². The lowest BCUT2D eigenvalue weighted by Gasteiger charge is -2.21. The Labute approximate surface area is 142 Å². The third kappa shape index (κ3) is 4.23. The predicted octanol–water partition coefficient (Wildman–Crippen LogP) is 2.82. The number of para-hydroxylation sites is 1. The summed E-state index contributed by atoms with van der Waals surface area (Å²) in [5, 5.41) is 14.1. The SMILES string of the molecule is O=C(CC1(O)CCCC1)NCCCOc1cccc2cccnc12. The number of carbonyl (C=O) groups is 1. The maximum absolute atomic E-state index is 11.9. The predicted molar refractivity (Wildman–Crippen MR) is 92.9 cm³/mol. The van der Waals surface area contributed by atoms with Crippen LogP contribution in [0.3, 0.4) is 0 Å². The molecule has 0 saturated heterocycles. The molecule has 2 N–H and O–H groups in total. The highest BCUT2D eigenvalue weighted by Gasteiger charge is 2.33. The van der Waals surface area contributed by atoms with Crippen LogP contribution in [0.15, 0.2) is 36.5 Å². The average molecular weight is 328 g/mol. The normalized spacial score (nSPS) is 16.2. The van der Waals surface area contributed by atoms with Crippen LogP contribution in [-0.2, 0) is 4.79 Å². The maximum Gasteiger partial charge on any atom is 0.222 e. The molecule has 0 bridgehead atoms. The van der Waals surface area contributed by atoms with Crippen LogP contribution in [0.25, 0.3) is 10.9 Å². The molecule has 5 heteroatoms. The zero-order valence-electron chi connectivity index (χ0n) is 13.8. The molecule has 0 aliphatic heterocycles. The zero-order valence-corrected chi connectivity index (χ0v) is 13.8. The molecule has 0 atom stereocenters. The third-order valence-corrected chi connectivity index (χ3v) is 4.52. The van der Waals surface area contributed by atoms with Crippen LogP contribution < -0.4 is 10.1 Å². The number of amides is 1. The van der Waals surface area contributed by atoms with Crippen molar-refractivity contribution in [1.29, 1.82) is 0 Å². The van der Waals surface area contributed by atoms with E-state index in [1.807, 2.05) is 30.3 Å².